The fraction of sp³-hybridized carbons (Fsp3) is 0.324. The Bertz CT molecular complexity index is 1530. The largest absolute Gasteiger partial charge is 0.496 e. The van der Waals surface area contributed by atoms with E-state index >= 15 is 0 Å². The third-order valence-corrected chi connectivity index (χ3v) is 7.41. The maximum atomic E-state index is 12.6. The second-order valence-electron chi connectivity index (χ2n) is 10.3. The van der Waals surface area contributed by atoms with E-state index in [0.29, 0.717) is 52.4 Å². The van der Waals surface area contributed by atoms with E-state index < -0.39 is 12.0 Å². The minimum absolute atomic E-state index is 0.134. The zero-order valence-electron chi connectivity index (χ0n) is 26.2. The number of nitrogens with zero attached hydrogens (tertiary/aromatic N) is 3. The summed E-state index contributed by atoms with van der Waals surface area (Å²) in [6, 6.07) is 17.9. The van der Waals surface area contributed by atoms with Crippen molar-refractivity contribution in [2.75, 3.05) is 45.2 Å². The number of aromatic nitrogens is 2. The number of benzene rings is 3. The number of aliphatic carboxylic acids is 1. The number of carbonyl (C=O) groups is 1. The fourth-order valence-corrected chi connectivity index (χ4v) is 5.20. The molecular weight excluding hydrogens is 560 g/mol. The van der Waals surface area contributed by atoms with Crippen LogP contribution in [0.1, 0.15) is 26.3 Å². The Labute approximate surface area is 258 Å². The topological polar surface area (TPSA) is 115 Å². The molecule has 10 heteroatoms. The summed E-state index contributed by atoms with van der Waals surface area (Å²) in [6.07, 6.45) is 1.88. The molecule has 1 heterocycles. The van der Waals surface area contributed by atoms with Crippen LogP contribution in [0.15, 0.2) is 66.9 Å². The maximum Gasteiger partial charge on any atom is 0.326 e. The lowest BCUT2D eigenvalue weighted by Crippen LogP contribution is -2.34. The molecule has 4 aromatic rings. The molecule has 0 amide bonds. The normalized spacial score (nSPS) is 11.5. The Kier molecular flexibility index (Phi) is 10.5. The Hall–Kier alpha value is -4.99. The van der Waals surface area contributed by atoms with Gasteiger partial charge in [-0.05, 0) is 56.2 Å². The summed E-state index contributed by atoms with van der Waals surface area (Å²) < 4.78 is 22.4. The van der Waals surface area contributed by atoms with Crippen LogP contribution in [0.5, 0.6) is 23.0 Å². The van der Waals surface area contributed by atoms with Crippen molar-refractivity contribution in [2.45, 2.75) is 39.3 Å². The lowest BCUT2D eigenvalue weighted by Gasteiger charge is -2.27. The van der Waals surface area contributed by atoms with Gasteiger partial charge in [0.15, 0.2) is 0 Å². The number of anilines is 2. The minimum Gasteiger partial charge on any atom is -0.496 e. The van der Waals surface area contributed by atoms with E-state index in [4.69, 9.17) is 23.9 Å². The van der Waals surface area contributed by atoms with Crippen LogP contribution in [0.3, 0.4) is 0 Å². The maximum absolute atomic E-state index is 12.6. The lowest BCUT2D eigenvalue weighted by molar-refractivity contribution is -0.137. The molecule has 10 nitrogen and oxygen atoms in total. The summed E-state index contributed by atoms with van der Waals surface area (Å²) in [7, 11) is 6.37. The van der Waals surface area contributed by atoms with Crippen LogP contribution in [0.25, 0.3) is 22.3 Å². The fourth-order valence-electron chi connectivity index (χ4n) is 5.20. The molecule has 3 aromatic carbocycles. The quantitative estimate of drug-likeness (QED) is 0.174. The van der Waals surface area contributed by atoms with Crippen molar-refractivity contribution in [3.63, 3.8) is 0 Å². The average molecular weight is 601 g/mol. The van der Waals surface area contributed by atoms with Crippen LogP contribution in [0.2, 0.25) is 0 Å². The van der Waals surface area contributed by atoms with Gasteiger partial charge in [0.1, 0.15) is 34.9 Å². The standard InChI is InChI=1S/C34H40N4O6/c1-8-38(21(2)3)34-35-20-24(31-28(43-6)13-10-14-29(31)44-7)32(37-34)36-25(33(39)40)19-22-15-17-23(18-16-22)30-26(41-4)11-9-12-27(30)42-5/h9-18,20-21,25H,8,19H2,1-7H3,(H,39,40)(H,35,36,37)/t25-/m0/s1. The van der Waals surface area contributed by atoms with E-state index in [0.717, 1.165) is 16.7 Å². The predicted octanol–water partition coefficient (Wildman–Crippen LogP) is 6.19. The molecule has 232 valence electrons. The van der Waals surface area contributed by atoms with Crippen LogP contribution >= 0.6 is 0 Å². The Morgan fingerprint density at radius 1 is 0.841 bits per heavy atom. The monoisotopic (exact) mass is 600 g/mol. The zero-order chi connectivity index (χ0) is 31.8. The molecule has 0 unspecified atom stereocenters. The summed E-state index contributed by atoms with van der Waals surface area (Å²) >= 11 is 0. The van der Waals surface area contributed by atoms with Gasteiger partial charge in [0.2, 0.25) is 5.95 Å². The Morgan fingerprint density at radius 3 is 1.82 bits per heavy atom. The van der Waals surface area contributed by atoms with Gasteiger partial charge in [0, 0.05) is 25.2 Å². The van der Waals surface area contributed by atoms with Crippen molar-refractivity contribution >= 4 is 17.7 Å². The van der Waals surface area contributed by atoms with Crippen molar-refractivity contribution in [3.8, 4) is 45.3 Å². The summed E-state index contributed by atoms with van der Waals surface area (Å²) in [5.74, 6) is 2.30. The second kappa shape index (κ2) is 14.5. The first-order valence-corrected chi connectivity index (χ1v) is 14.4. The molecule has 2 N–H and O–H groups in total. The number of carboxylic acids is 1. The summed E-state index contributed by atoms with van der Waals surface area (Å²) in [5.41, 5.74) is 3.73. The smallest absolute Gasteiger partial charge is 0.326 e. The van der Waals surface area contributed by atoms with Gasteiger partial charge in [-0.1, -0.05) is 36.4 Å². The van der Waals surface area contributed by atoms with Crippen molar-refractivity contribution < 1.29 is 28.8 Å². The van der Waals surface area contributed by atoms with Gasteiger partial charge in [-0.3, -0.25) is 0 Å². The predicted molar refractivity (Wildman–Crippen MR) is 172 cm³/mol. The first-order chi connectivity index (χ1) is 21.3. The van der Waals surface area contributed by atoms with Gasteiger partial charge in [0.25, 0.3) is 0 Å². The van der Waals surface area contributed by atoms with Crippen molar-refractivity contribution in [1.29, 1.82) is 0 Å². The van der Waals surface area contributed by atoms with E-state index in [9.17, 15) is 9.90 Å². The van der Waals surface area contributed by atoms with Crippen LogP contribution in [-0.2, 0) is 11.2 Å². The molecular formula is C34H40N4O6. The molecule has 0 saturated heterocycles. The Morgan fingerprint density at radius 2 is 1.36 bits per heavy atom. The van der Waals surface area contributed by atoms with Crippen LogP contribution in [0.4, 0.5) is 11.8 Å². The third kappa shape index (κ3) is 6.80. The molecule has 0 saturated carbocycles. The number of hydrogen-bond acceptors (Lipinski definition) is 9. The van der Waals surface area contributed by atoms with E-state index in [1.807, 2.05) is 72.5 Å². The molecule has 0 radical (unpaired) electrons. The Balaban J connectivity index is 1.74. The van der Waals surface area contributed by atoms with E-state index in [2.05, 4.69) is 24.1 Å². The highest BCUT2D eigenvalue weighted by molar-refractivity contribution is 5.87. The van der Waals surface area contributed by atoms with Gasteiger partial charge in [0.05, 0.1) is 45.1 Å². The van der Waals surface area contributed by atoms with E-state index in [1.165, 1.54) is 0 Å². The van der Waals surface area contributed by atoms with Crippen LogP contribution < -0.4 is 29.2 Å². The van der Waals surface area contributed by atoms with Gasteiger partial charge >= 0.3 is 5.97 Å². The number of methoxy groups -OCH3 is 4. The summed E-state index contributed by atoms with van der Waals surface area (Å²) in [4.78, 5) is 24.2. The SMILES string of the molecule is CCN(c1ncc(-c2c(OC)cccc2OC)c(N[C@@H](Cc2ccc(-c3c(OC)cccc3OC)cc2)C(=O)O)n1)C(C)C. The first kappa shape index (κ1) is 31.9. The molecule has 1 atom stereocenters. The highest BCUT2D eigenvalue weighted by Crippen LogP contribution is 2.42. The summed E-state index contributed by atoms with van der Waals surface area (Å²) in [6.45, 7) is 6.82. The van der Waals surface area contributed by atoms with Gasteiger partial charge < -0.3 is 34.3 Å². The van der Waals surface area contributed by atoms with Crippen LogP contribution in [-0.4, -0.2) is 68.1 Å². The van der Waals surface area contributed by atoms with Crippen molar-refractivity contribution in [2.24, 2.45) is 0 Å². The molecule has 44 heavy (non-hydrogen) atoms. The van der Waals surface area contributed by atoms with Gasteiger partial charge in [-0.25, -0.2) is 9.78 Å². The van der Waals surface area contributed by atoms with Crippen molar-refractivity contribution in [1.82, 2.24) is 9.97 Å². The van der Waals surface area contributed by atoms with Gasteiger partial charge in [-0.15, -0.1) is 0 Å². The third-order valence-electron chi connectivity index (χ3n) is 7.41. The molecule has 0 spiro atoms. The van der Waals surface area contributed by atoms with E-state index in [1.54, 1.807) is 34.6 Å². The number of ether oxygens (including phenoxy) is 4. The molecule has 0 aliphatic carbocycles. The molecule has 0 fully saturated rings. The highest BCUT2D eigenvalue weighted by Gasteiger charge is 2.25. The minimum atomic E-state index is -1.02. The summed E-state index contributed by atoms with van der Waals surface area (Å²) in [5, 5.41) is 13.6. The molecule has 4 rings (SSSR count). The molecule has 1 aromatic heterocycles. The van der Waals surface area contributed by atoms with Gasteiger partial charge in [-0.2, -0.15) is 4.98 Å². The zero-order valence-corrected chi connectivity index (χ0v) is 26.2. The van der Waals surface area contributed by atoms with Crippen molar-refractivity contribution in [3.05, 3.63) is 72.4 Å². The first-order valence-electron chi connectivity index (χ1n) is 14.4. The molecule has 0 aliphatic rings. The molecule has 0 aliphatic heterocycles. The number of rotatable bonds is 14. The number of nitrogens with one attached hydrogen (secondary N) is 1. The lowest BCUT2D eigenvalue weighted by atomic mass is 9.99. The number of carboxylic acid groups (broad SMARTS) is 1. The average Bonchev–Trinajstić information content (AvgIpc) is 3.04. The van der Waals surface area contributed by atoms with Crippen LogP contribution in [0, 0.1) is 0 Å². The highest BCUT2D eigenvalue weighted by atomic mass is 16.5. The second-order valence-corrected chi connectivity index (χ2v) is 10.3. The molecule has 0 bridgehead atoms. The number of hydrogen-bond donors (Lipinski definition) is 2. The van der Waals surface area contributed by atoms with E-state index in [-0.39, 0.29) is 12.5 Å².